The fourth-order valence-electron chi connectivity index (χ4n) is 2.54. The molecule has 0 atom stereocenters. The fourth-order valence-corrected chi connectivity index (χ4v) is 2.54. The maximum atomic E-state index is 14.0. The summed E-state index contributed by atoms with van der Waals surface area (Å²) in [6.07, 6.45) is 0. The van der Waals surface area contributed by atoms with Gasteiger partial charge in [-0.2, -0.15) is 0 Å². The Hall–Kier alpha value is -2.69. The highest BCUT2D eigenvalue weighted by Gasteiger charge is 2.17. The van der Waals surface area contributed by atoms with Gasteiger partial charge in [-0.3, -0.25) is 0 Å². The van der Waals surface area contributed by atoms with E-state index >= 15 is 0 Å². The van der Waals surface area contributed by atoms with E-state index in [1.165, 1.54) is 10.6 Å². The smallest absolute Gasteiger partial charge is 0.352 e. The Kier molecular flexibility index (Phi) is 2.97. The molecule has 0 spiro atoms. The van der Waals surface area contributed by atoms with Gasteiger partial charge in [-0.15, -0.1) is 0 Å². The number of hydrogen-bond acceptors (Lipinski definition) is 1. The minimum Gasteiger partial charge on any atom is -0.477 e. The zero-order chi connectivity index (χ0) is 15.1. The van der Waals surface area contributed by atoms with Crippen LogP contribution in [0, 0.1) is 11.6 Å². The van der Waals surface area contributed by atoms with E-state index in [2.05, 4.69) is 0 Å². The van der Waals surface area contributed by atoms with Crippen LogP contribution in [0.1, 0.15) is 10.5 Å². The monoisotopic (exact) mass is 287 g/mol. The summed E-state index contributed by atoms with van der Waals surface area (Å²) in [5, 5.41) is 9.83. The van der Waals surface area contributed by atoms with Crippen LogP contribution in [0.2, 0.25) is 0 Å². The zero-order valence-electron chi connectivity index (χ0n) is 11.1. The summed E-state index contributed by atoms with van der Waals surface area (Å²) in [5.41, 5.74) is 1.21. The van der Waals surface area contributed by atoms with Gasteiger partial charge in [0.1, 0.15) is 17.3 Å². The van der Waals surface area contributed by atoms with E-state index in [0.29, 0.717) is 16.5 Å². The lowest BCUT2D eigenvalue weighted by molar-refractivity contribution is 0.0687. The van der Waals surface area contributed by atoms with Crippen LogP contribution in [-0.4, -0.2) is 15.6 Å². The number of carboxylic acid groups (broad SMARTS) is 1. The third kappa shape index (κ3) is 2.07. The molecule has 2 aromatic carbocycles. The highest BCUT2D eigenvalue weighted by Crippen LogP contribution is 2.32. The van der Waals surface area contributed by atoms with Gasteiger partial charge in [-0.25, -0.2) is 13.6 Å². The first kappa shape index (κ1) is 13.3. The second-order valence-corrected chi connectivity index (χ2v) is 4.76. The van der Waals surface area contributed by atoms with Crippen LogP contribution in [0.5, 0.6) is 0 Å². The normalized spacial score (nSPS) is 11.0. The molecule has 1 aromatic heterocycles. The molecule has 5 heteroatoms. The van der Waals surface area contributed by atoms with Crippen LogP contribution in [0.15, 0.2) is 42.5 Å². The quantitative estimate of drug-likeness (QED) is 0.778. The molecule has 21 heavy (non-hydrogen) atoms. The van der Waals surface area contributed by atoms with Gasteiger partial charge in [0.2, 0.25) is 0 Å². The van der Waals surface area contributed by atoms with Crippen LogP contribution in [0.25, 0.3) is 22.0 Å². The largest absolute Gasteiger partial charge is 0.477 e. The average Bonchev–Trinajstić information content (AvgIpc) is 2.79. The number of nitrogens with zero attached hydrogens (tertiary/aromatic N) is 1. The zero-order valence-corrected chi connectivity index (χ0v) is 11.1. The van der Waals surface area contributed by atoms with Gasteiger partial charge in [0.25, 0.3) is 0 Å². The number of carboxylic acids is 1. The molecule has 0 aliphatic heterocycles. The van der Waals surface area contributed by atoms with Gasteiger partial charge in [0.05, 0.1) is 5.52 Å². The lowest BCUT2D eigenvalue weighted by Crippen LogP contribution is -2.04. The van der Waals surface area contributed by atoms with Crippen LogP contribution >= 0.6 is 0 Å². The number of benzene rings is 2. The van der Waals surface area contributed by atoms with Gasteiger partial charge in [0, 0.05) is 23.6 Å². The molecule has 0 fully saturated rings. The predicted molar refractivity (Wildman–Crippen MR) is 75.2 cm³/mol. The highest BCUT2D eigenvalue weighted by atomic mass is 19.1. The number of fused-ring (bicyclic) bond motifs is 1. The molecule has 0 saturated heterocycles. The van der Waals surface area contributed by atoms with Crippen LogP contribution in [0.4, 0.5) is 8.78 Å². The van der Waals surface area contributed by atoms with E-state index < -0.39 is 17.6 Å². The van der Waals surface area contributed by atoms with Crippen LogP contribution < -0.4 is 0 Å². The van der Waals surface area contributed by atoms with Gasteiger partial charge in [-0.05, 0) is 24.3 Å². The minimum atomic E-state index is -1.07. The summed E-state index contributed by atoms with van der Waals surface area (Å²) < 4.78 is 28.9. The second kappa shape index (κ2) is 4.70. The van der Waals surface area contributed by atoms with Gasteiger partial charge in [0.15, 0.2) is 0 Å². The van der Waals surface area contributed by atoms with Crippen molar-refractivity contribution in [1.82, 2.24) is 4.57 Å². The van der Waals surface area contributed by atoms with E-state index in [0.717, 1.165) is 18.2 Å². The molecule has 3 rings (SSSR count). The van der Waals surface area contributed by atoms with Gasteiger partial charge < -0.3 is 9.67 Å². The molecular formula is C16H11F2NO2. The Balaban J connectivity index is 2.38. The van der Waals surface area contributed by atoms with E-state index in [4.69, 9.17) is 0 Å². The van der Waals surface area contributed by atoms with E-state index in [1.807, 2.05) is 0 Å². The van der Waals surface area contributed by atoms with Gasteiger partial charge in [-0.1, -0.05) is 18.2 Å². The maximum absolute atomic E-state index is 14.0. The lowest BCUT2D eigenvalue weighted by atomic mass is 10.0. The Labute approximate surface area is 119 Å². The Bertz CT molecular complexity index is 868. The molecule has 3 aromatic rings. The highest BCUT2D eigenvalue weighted by molar-refractivity contribution is 6.00. The first-order valence-electron chi connectivity index (χ1n) is 6.26. The number of aromatic nitrogens is 1. The third-order valence-electron chi connectivity index (χ3n) is 3.49. The molecule has 0 radical (unpaired) electrons. The van der Waals surface area contributed by atoms with Crippen molar-refractivity contribution in [2.24, 2.45) is 7.05 Å². The van der Waals surface area contributed by atoms with E-state index in [-0.39, 0.29) is 11.3 Å². The molecule has 0 amide bonds. The summed E-state index contributed by atoms with van der Waals surface area (Å²) in [6, 6.07) is 9.80. The standard InChI is InChI=1S/C16H11F2NO2/c1-19-14(16(20)21)7-9-3-2-4-11(15(9)19)12-8-10(17)5-6-13(12)18/h2-8H,1H3,(H,20,21). The Morgan fingerprint density at radius 3 is 2.57 bits per heavy atom. The predicted octanol–water partition coefficient (Wildman–Crippen LogP) is 3.82. The minimum absolute atomic E-state index is 0.0919. The van der Waals surface area contributed by atoms with Crippen molar-refractivity contribution in [3.63, 3.8) is 0 Å². The molecule has 0 aliphatic rings. The van der Waals surface area contributed by atoms with Crippen molar-refractivity contribution in [2.45, 2.75) is 0 Å². The molecular weight excluding hydrogens is 276 g/mol. The Morgan fingerprint density at radius 1 is 1.10 bits per heavy atom. The number of aromatic carboxylic acids is 1. The molecule has 0 bridgehead atoms. The van der Waals surface area contributed by atoms with Gasteiger partial charge >= 0.3 is 5.97 Å². The number of carbonyl (C=O) groups is 1. The van der Waals surface area contributed by atoms with Crippen molar-refractivity contribution < 1.29 is 18.7 Å². The summed E-state index contributed by atoms with van der Waals surface area (Å²) in [5.74, 6) is -2.17. The summed E-state index contributed by atoms with van der Waals surface area (Å²) in [7, 11) is 1.59. The Morgan fingerprint density at radius 2 is 1.86 bits per heavy atom. The second-order valence-electron chi connectivity index (χ2n) is 4.76. The first-order chi connectivity index (χ1) is 9.99. The summed E-state index contributed by atoms with van der Waals surface area (Å²) in [6.45, 7) is 0. The molecule has 0 saturated carbocycles. The van der Waals surface area contributed by atoms with E-state index in [9.17, 15) is 18.7 Å². The first-order valence-corrected chi connectivity index (χ1v) is 6.26. The van der Waals surface area contributed by atoms with Crippen molar-refractivity contribution in [1.29, 1.82) is 0 Å². The number of para-hydroxylation sites is 1. The van der Waals surface area contributed by atoms with Crippen molar-refractivity contribution >= 4 is 16.9 Å². The SMILES string of the molecule is Cn1c(C(=O)O)cc2cccc(-c3cc(F)ccc3F)c21. The molecule has 3 nitrogen and oxygen atoms in total. The van der Waals surface area contributed by atoms with E-state index in [1.54, 1.807) is 25.2 Å². The van der Waals surface area contributed by atoms with Crippen molar-refractivity contribution in [3.8, 4) is 11.1 Å². The maximum Gasteiger partial charge on any atom is 0.352 e. The summed E-state index contributed by atoms with van der Waals surface area (Å²) >= 11 is 0. The molecule has 1 heterocycles. The molecule has 1 N–H and O–H groups in total. The number of rotatable bonds is 2. The fraction of sp³-hybridized carbons (Fsp3) is 0.0625. The average molecular weight is 287 g/mol. The third-order valence-corrected chi connectivity index (χ3v) is 3.49. The van der Waals surface area contributed by atoms with Crippen molar-refractivity contribution in [2.75, 3.05) is 0 Å². The topological polar surface area (TPSA) is 42.2 Å². The van der Waals surface area contributed by atoms with Crippen LogP contribution in [-0.2, 0) is 7.05 Å². The molecule has 106 valence electrons. The molecule has 0 unspecified atom stereocenters. The van der Waals surface area contributed by atoms with Crippen molar-refractivity contribution in [3.05, 3.63) is 59.8 Å². The number of hydrogen-bond donors (Lipinski definition) is 1. The van der Waals surface area contributed by atoms with Crippen LogP contribution in [0.3, 0.4) is 0 Å². The number of aryl methyl sites for hydroxylation is 1. The molecule has 0 aliphatic carbocycles. The number of halogens is 2. The lowest BCUT2D eigenvalue weighted by Gasteiger charge is -2.08. The summed E-state index contributed by atoms with van der Waals surface area (Å²) in [4.78, 5) is 11.2.